The van der Waals surface area contributed by atoms with E-state index in [1.54, 1.807) is 6.07 Å². The second kappa shape index (κ2) is 16.4. The van der Waals surface area contributed by atoms with Crippen LogP contribution in [0.15, 0.2) is 48.4 Å². The molecule has 0 saturated carbocycles. The summed E-state index contributed by atoms with van der Waals surface area (Å²) in [5.41, 5.74) is -0.139. The van der Waals surface area contributed by atoms with E-state index in [4.69, 9.17) is 0 Å². The number of fused-ring (bicyclic) bond motifs is 4. The molecule has 0 atom stereocenters. The Morgan fingerprint density at radius 2 is 1.54 bits per heavy atom. The average molecular weight is 930 g/mol. The van der Waals surface area contributed by atoms with Crippen LogP contribution in [-0.4, -0.2) is 28.9 Å². The molecule has 0 aliphatic rings. The Hall–Kier alpha value is -2.64. The Morgan fingerprint density at radius 3 is 2.08 bits per heavy atom. The number of aliphatic hydroxyl groups excluding tert-OH is 1. The molecule has 0 fully saturated rings. The van der Waals surface area contributed by atoms with E-state index in [-0.39, 0.29) is 64.8 Å². The maximum atomic E-state index is 13.9. The molecule has 4 nitrogen and oxygen atoms in total. The monoisotopic (exact) mass is 930 g/mol. The summed E-state index contributed by atoms with van der Waals surface area (Å²) in [6.07, 6.45) is -3.50. The number of hydrogen-bond acceptors (Lipinski definition) is 6. The molecular weight excluding hydrogens is 891 g/mol. The van der Waals surface area contributed by atoms with Crippen molar-refractivity contribution in [2.24, 2.45) is 11.8 Å². The first kappa shape index (κ1) is 41.8. The Balaban J connectivity index is 0.000000361. The minimum Gasteiger partial charge on any atom is -0.512 e. The van der Waals surface area contributed by atoms with Gasteiger partial charge in [0.1, 0.15) is 0 Å². The number of aromatic nitrogens is 2. The van der Waals surface area contributed by atoms with Crippen molar-refractivity contribution >= 4 is 72.1 Å². The van der Waals surface area contributed by atoms with Crippen LogP contribution in [0.5, 0.6) is 0 Å². The van der Waals surface area contributed by atoms with Crippen LogP contribution >= 0.6 is 22.7 Å². The maximum Gasteiger partial charge on any atom is 0.442 e. The fraction of sp³-hybridized carbons (Fsp3) is 0.417. The van der Waals surface area contributed by atoms with Crippen LogP contribution < -0.4 is 5.19 Å². The molecule has 0 spiro atoms. The Labute approximate surface area is 310 Å². The first-order chi connectivity index (χ1) is 22.8. The molecule has 273 valence electrons. The Morgan fingerprint density at radius 1 is 0.920 bits per heavy atom. The maximum absolute atomic E-state index is 13.9. The number of thiophene rings is 1. The first-order valence-corrected chi connectivity index (χ1v) is 21.2. The van der Waals surface area contributed by atoms with E-state index in [2.05, 4.69) is 35.7 Å². The standard InChI is InChI=1S/C23H15F6N2S2Si.C13H24O2.Ir/c1-34(2,3)12-5-6-13-16(9-12)32-20-18(13)14(22(24,25)26)10-30-19(20)11-4-7-15-17(8-11)33-21(31-15)23(27,28)29;1-5-10(6-2)12(14)9-13(15)11(7-3)8-4;/h4-7,9-10H,1-3H3;9-11,14H,5-8H2,1-4H3;/q-1;;/b;12-9-;. The van der Waals surface area contributed by atoms with Crippen molar-refractivity contribution < 1.29 is 56.3 Å². The van der Waals surface area contributed by atoms with Gasteiger partial charge in [-0.3, -0.25) is 9.78 Å². The van der Waals surface area contributed by atoms with Crippen LogP contribution in [-0.2, 0) is 37.3 Å². The van der Waals surface area contributed by atoms with Gasteiger partial charge in [0, 0.05) is 70.1 Å². The smallest absolute Gasteiger partial charge is 0.442 e. The predicted octanol–water partition coefficient (Wildman–Crippen LogP) is 12.0. The number of carbonyl (C=O) groups is 1. The van der Waals surface area contributed by atoms with Gasteiger partial charge in [0.25, 0.3) is 0 Å². The molecule has 5 aromatic rings. The van der Waals surface area contributed by atoms with Gasteiger partial charge in [-0.15, -0.1) is 46.4 Å². The molecule has 0 amide bonds. The number of rotatable bonds is 9. The number of hydrogen-bond donors (Lipinski definition) is 1. The third-order valence-electron chi connectivity index (χ3n) is 8.56. The minimum atomic E-state index is -4.61. The summed E-state index contributed by atoms with van der Waals surface area (Å²) in [5, 5.41) is 10.4. The largest absolute Gasteiger partial charge is 0.512 e. The van der Waals surface area contributed by atoms with Gasteiger partial charge >= 0.3 is 12.4 Å². The third kappa shape index (κ3) is 9.22. The molecule has 0 aliphatic heterocycles. The Bertz CT molecular complexity index is 1990. The van der Waals surface area contributed by atoms with Crippen LogP contribution in [0.4, 0.5) is 26.3 Å². The predicted molar refractivity (Wildman–Crippen MR) is 191 cm³/mol. The number of nitrogens with zero attached hydrogens (tertiary/aromatic N) is 2. The van der Waals surface area contributed by atoms with Crippen molar-refractivity contribution in [2.45, 2.75) is 85.4 Å². The van der Waals surface area contributed by atoms with Crippen LogP contribution in [0.2, 0.25) is 19.6 Å². The second-order valence-corrected chi connectivity index (χ2v) is 20.0. The zero-order chi connectivity index (χ0) is 36.5. The zero-order valence-electron chi connectivity index (χ0n) is 28.7. The number of benzene rings is 2. The van der Waals surface area contributed by atoms with Crippen LogP contribution in [0.3, 0.4) is 0 Å². The van der Waals surface area contributed by atoms with Gasteiger partial charge in [0.05, 0.1) is 19.4 Å². The average Bonchev–Trinajstić information content (AvgIpc) is 3.63. The number of carbonyl (C=O) groups excluding carboxylic acids is 1. The number of pyridine rings is 1. The van der Waals surface area contributed by atoms with Crippen molar-refractivity contribution in [1.82, 2.24) is 9.97 Å². The van der Waals surface area contributed by atoms with Crippen LogP contribution in [0.25, 0.3) is 41.6 Å². The fourth-order valence-electron chi connectivity index (χ4n) is 5.56. The van der Waals surface area contributed by atoms with Gasteiger partial charge in [0.15, 0.2) is 10.8 Å². The summed E-state index contributed by atoms with van der Waals surface area (Å²) in [6, 6.07) is 11.4. The van der Waals surface area contributed by atoms with Gasteiger partial charge in [-0.1, -0.05) is 64.7 Å². The van der Waals surface area contributed by atoms with Crippen molar-refractivity contribution in [3.8, 4) is 11.3 Å². The van der Waals surface area contributed by atoms with Crippen molar-refractivity contribution in [1.29, 1.82) is 0 Å². The third-order valence-corrected chi connectivity index (χ3v) is 12.8. The SMILES string of the molecule is CCC(CC)C(=O)/C=C(\O)C(CC)CC.C[Si](C)(C)c1ccc2c(c1)sc1c(-c3[c-]c4sc(C(F)(F)F)nc4cc3)ncc(C(F)(F)F)c12.[Ir]. The van der Waals surface area contributed by atoms with Crippen molar-refractivity contribution in [2.75, 3.05) is 0 Å². The summed E-state index contributed by atoms with van der Waals surface area (Å²) in [7, 11) is -1.71. The number of halogens is 6. The van der Waals surface area contributed by atoms with E-state index < -0.39 is 31.0 Å². The normalized spacial score (nSPS) is 12.9. The van der Waals surface area contributed by atoms with Gasteiger partial charge in [-0.05, 0) is 42.0 Å². The second-order valence-electron chi connectivity index (χ2n) is 12.9. The van der Waals surface area contributed by atoms with E-state index in [0.717, 1.165) is 37.1 Å². The molecule has 1 N–H and O–H groups in total. The zero-order valence-corrected chi connectivity index (χ0v) is 33.7. The molecule has 2 aromatic carbocycles. The molecule has 1 radical (unpaired) electrons. The van der Waals surface area contributed by atoms with Crippen molar-refractivity contribution in [3.63, 3.8) is 0 Å². The topological polar surface area (TPSA) is 63.1 Å². The van der Waals surface area contributed by atoms with E-state index in [1.807, 2.05) is 39.8 Å². The van der Waals surface area contributed by atoms with Gasteiger partial charge in [-0.25, -0.2) is 0 Å². The number of thiazole rings is 1. The number of allylic oxidation sites excluding steroid dienone is 2. The van der Waals surface area contributed by atoms with Crippen LogP contribution in [0, 0.1) is 17.9 Å². The molecular formula is C36H39F6IrN2O2S2Si-. The molecule has 3 heterocycles. The molecule has 3 aromatic heterocycles. The summed E-state index contributed by atoms with van der Waals surface area (Å²) in [5.74, 6) is 0.547. The number of alkyl halides is 6. The Kier molecular flexibility index (Phi) is 13.7. The van der Waals surface area contributed by atoms with E-state index in [0.29, 0.717) is 31.7 Å². The first-order valence-electron chi connectivity index (χ1n) is 16.1. The molecule has 14 heteroatoms. The van der Waals surface area contributed by atoms with Gasteiger partial charge in [-0.2, -0.15) is 26.3 Å². The summed E-state index contributed by atoms with van der Waals surface area (Å²) in [4.78, 5) is 19.4. The van der Waals surface area contributed by atoms with Gasteiger partial charge < -0.3 is 10.1 Å². The van der Waals surface area contributed by atoms with Gasteiger partial charge in [0.2, 0.25) is 0 Å². The van der Waals surface area contributed by atoms with Crippen LogP contribution in [0.1, 0.15) is 63.9 Å². The summed E-state index contributed by atoms with van der Waals surface area (Å²) >= 11 is 1.65. The van der Waals surface area contributed by atoms with E-state index >= 15 is 0 Å². The molecule has 0 bridgehead atoms. The molecule has 0 aliphatic carbocycles. The van der Waals surface area contributed by atoms with E-state index in [9.17, 15) is 36.2 Å². The molecule has 5 rings (SSSR count). The number of aliphatic hydroxyl groups is 1. The minimum absolute atomic E-state index is 0. The quantitative estimate of drug-likeness (QED) is 0.0526. The molecule has 0 saturated heterocycles. The van der Waals surface area contributed by atoms with Crippen molar-refractivity contribution in [3.05, 3.63) is 65.0 Å². The van der Waals surface area contributed by atoms with E-state index in [1.165, 1.54) is 29.5 Å². The summed E-state index contributed by atoms with van der Waals surface area (Å²) in [6.45, 7) is 14.5. The fourth-order valence-corrected chi connectivity index (χ4v) is 8.92. The molecule has 50 heavy (non-hydrogen) atoms. The number of ketones is 1. The summed E-state index contributed by atoms with van der Waals surface area (Å²) < 4.78 is 82.1. The molecule has 0 unspecified atom stereocenters.